The van der Waals surface area contributed by atoms with E-state index >= 15 is 0 Å². The molecule has 1 aliphatic rings. The molecule has 2 N–H and O–H groups in total. The van der Waals surface area contributed by atoms with Crippen molar-refractivity contribution in [3.8, 4) is 6.07 Å². The van der Waals surface area contributed by atoms with E-state index in [-0.39, 0.29) is 0 Å². The first-order valence-electron chi connectivity index (χ1n) is 6.61. The highest BCUT2D eigenvalue weighted by molar-refractivity contribution is 6.34. The number of nitrogens with one attached hydrogen (secondary N) is 2. The maximum Gasteiger partial charge on any atom is 0.159 e. The van der Waals surface area contributed by atoms with Crippen molar-refractivity contribution in [1.29, 1.82) is 5.26 Å². The van der Waals surface area contributed by atoms with Crippen LogP contribution in [0.1, 0.15) is 18.4 Å². The third-order valence-corrected chi connectivity index (χ3v) is 3.78. The second-order valence-electron chi connectivity index (χ2n) is 4.90. The Bertz CT molecular complexity index is 673. The van der Waals surface area contributed by atoms with Crippen molar-refractivity contribution in [2.75, 3.05) is 18.4 Å². The molecule has 0 aliphatic carbocycles. The predicted octanol–water partition coefficient (Wildman–Crippen LogP) is 2.32. The van der Waals surface area contributed by atoms with Crippen LogP contribution in [0.2, 0.25) is 5.15 Å². The molecule has 0 unspecified atom stereocenters. The van der Waals surface area contributed by atoms with Gasteiger partial charge in [0, 0.05) is 23.4 Å². The Morgan fingerprint density at radius 3 is 3.00 bits per heavy atom. The summed E-state index contributed by atoms with van der Waals surface area (Å²) in [7, 11) is 0. The molecule has 0 amide bonds. The molecular weight excluding hydrogens is 274 g/mol. The topological polar surface area (TPSA) is 73.6 Å². The van der Waals surface area contributed by atoms with Crippen LogP contribution in [-0.2, 0) is 0 Å². The van der Waals surface area contributed by atoms with E-state index in [1.807, 2.05) is 6.07 Å². The number of piperidine rings is 1. The van der Waals surface area contributed by atoms with Gasteiger partial charge in [-0.1, -0.05) is 11.6 Å². The second-order valence-corrected chi connectivity index (χ2v) is 5.26. The predicted molar refractivity (Wildman–Crippen MR) is 78.8 cm³/mol. The first-order chi connectivity index (χ1) is 9.78. The fourth-order valence-electron chi connectivity index (χ4n) is 2.47. The molecule has 102 valence electrons. The molecule has 2 aromatic rings. The minimum atomic E-state index is 0.327. The van der Waals surface area contributed by atoms with Crippen molar-refractivity contribution in [1.82, 2.24) is 15.5 Å². The summed E-state index contributed by atoms with van der Waals surface area (Å²) in [6.45, 7) is 1.97. The Labute approximate surface area is 122 Å². The molecule has 1 aromatic carbocycles. The summed E-state index contributed by atoms with van der Waals surface area (Å²) < 4.78 is 0. The van der Waals surface area contributed by atoms with E-state index in [1.54, 1.807) is 12.1 Å². The van der Waals surface area contributed by atoms with Gasteiger partial charge in [-0.15, -0.1) is 10.2 Å². The fraction of sp³-hybridized carbons (Fsp3) is 0.357. The summed E-state index contributed by atoms with van der Waals surface area (Å²) in [4.78, 5) is 0. The van der Waals surface area contributed by atoms with Crippen LogP contribution in [0, 0.1) is 11.3 Å². The first-order valence-corrected chi connectivity index (χ1v) is 6.99. The van der Waals surface area contributed by atoms with Gasteiger partial charge in [-0.25, -0.2) is 0 Å². The van der Waals surface area contributed by atoms with Gasteiger partial charge in [0.25, 0.3) is 0 Å². The van der Waals surface area contributed by atoms with Gasteiger partial charge in [-0.2, -0.15) is 5.26 Å². The van der Waals surface area contributed by atoms with Crippen LogP contribution in [0.15, 0.2) is 18.2 Å². The minimum Gasteiger partial charge on any atom is -0.364 e. The van der Waals surface area contributed by atoms with Crippen molar-refractivity contribution in [2.45, 2.75) is 18.9 Å². The van der Waals surface area contributed by atoms with Gasteiger partial charge >= 0.3 is 0 Å². The normalized spacial score (nSPS) is 18.7. The number of anilines is 1. The molecule has 0 saturated carbocycles. The number of halogens is 1. The summed E-state index contributed by atoms with van der Waals surface area (Å²) >= 11 is 6.07. The smallest absolute Gasteiger partial charge is 0.159 e. The molecule has 0 bridgehead atoms. The van der Waals surface area contributed by atoms with Crippen molar-refractivity contribution in [2.24, 2.45) is 0 Å². The van der Waals surface area contributed by atoms with Gasteiger partial charge in [0.15, 0.2) is 11.0 Å². The number of fused-ring (bicyclic) bond motifs is 1. The molecule has 2 heterocycles. The largest absolute Gasteiger partial charge is 0.364 e. The number of rotatable bonds is 2. The lowest BCUT2D eigenvalue weighted by Crippen LogP contribution is -2.38. The van der Waals surface area contributed by atoms with Crippen LogP contribution in [0.5, 0.6) is 0 Å². The van der Waals surface area contributed by atoms with Gasteiger partial charge in [0.2, 0.25) is 0 Å². The van der Waals surface area contributed by atoms with Crippen LogP contribution < -0.4 is 10.6 Å². The SMILES string of the molecule is N#Cc1ccc2c(Cl)nnc(N[C@@H]3CCCNC3)c2c1. The lowest BCUT2D eigenvalue weighted by molar-refractivity contribution is 0.479. The van der Waals surface area contributed by atoms with E-state index in [0.717, 1.165) is 36.7 Å². The summed E-state index contributed by atoms with van der Waals surface area (Å²) in [5.41, 5.74) is 0.589. The Hall–Kier alpha value is -1.90. The van der Waals surface area contributed by atoms with Crippen LogP contribution in [-0.4, -0.2) is 29.3 Å². The lowest BCUT2D eigenvalue weighted by Gasteiger charge is -2.24. The molecule has 1 aromatic heterocycles. The molecule has 0 spiro atoms. The van der Waals surface area contributed by atoms with Crippen molar-refractivity contribution < 1.29 is 0 Å². The molecule has 20 heavy (non-hydrogen) atoms. The zero-order valence-corrected chi connectivity index (χ0v) is 11.6. The number of nitriles is 1. The van der Waals surface area contributed by atoms with Gasteiger partial charge in [0.05, 0.1) is 11.6 Å². The summed E-state index contributed by atoms with van der Waals surface area (Å²) in [5, 5.41) is 25.9. The highest BCUT2D eigenvalue weighted by atomic mass is 35.5. The maximum absolute atomic E-state index is 9.03. The number of aromatic nitrogens is 2. The molecular formula is C14H14ClN5. The Morgan fingerprint density at radius 2 is 2.25 bits per heavy atom. The summed E-state index contributed by atoms with van der Waals surface area (Å²) in [6, 6.07) is 7.82. The number of nitrogens with zero attached hydrogens (tertiary/aromatic N) is 3. The zero-order valence-electron chi connectivity index (χ0n) is 10.9. The molecule has 1 saturated heterocycles. The number of hydrogen-bond acceptors (Lipinski definition) is 5. The highest BCUT2D eigenvalue weighted by Gasteiger charge is 2.16. The molecule has 0 radical (unpaired) electrons. The van der Waals surface area contributed by atoms with Crippen molar-refractivity contribution >= 4 is 28.2 Å². The van der Waals surface area contributed by atoms with E-state index in [0.29, 0.717) is 22.6 Å². The molecule has 1 aliphatic heterocycles. The quantitative estimate of drug-likeness (QED) is 0.887. The minimum absolute atomic E-state index is 0.327. The van der Waals surface area contributed by atoms with Crippen LogP contribution in [0.4, 0.5) is 5.82 Å². The lowest BCUT2D eigenvalue weighted by atomic mass is 10.1. The molecule has 1 fully saturated rings. The third kappa shape index (κ3) is 2.53. The van der Waals surface area contributed by atoms with Crippen molar-refractivity contribution in [3.05, 3.63) is 28.9 Å². The highest BCUT2D eigenvalue weighted by Crippen LogP contribution is 2.27. The molecule has 1 atom stereocenters. The molecule has 3 rings (SSSR count). The maximum atomic E-state index is 9.03. The fourth-order valence-corrected chi connectivity index (χ4v) is 2.67. The van der Waals surface area contributed by atoms with Crippen LogP contribution in [0.3, 0.4) is 0 Å². The van der Waals surface area contributed by atoms with E-state index in [9.17, 15) is 0 Å². The first kappa shape index (κ1) is 13.1. The van der Waals surface area contributed by atoms with Crippen molar-refractivity contribution in [3.63, 3.8) is 0 Å². The average Bonchev–Trinajstić information content (AvgIpc) is 2.51. The average molecular weight is 288 g/mol. The zero-order chi connectivity index (χ0) is 13.9. The number of hydrogen-bond donors (Lipinski definition) is 2. The van der Waals surface area contributed by atoms with E-state index < -0.39 is 0 Å². The summed E-state index contributed by atoms with van der Waals surface area (Å²) in [5.74, 6) is 0.690. The van der Waals surface area contributed by atoms with Gasteiger partial charge in [0.1, 0.15) is 0 Å². The van der Waals surface area contributed by atoms with E-state index in [4.69, 9.17) is 16.9 Å². The molecule has 6 heteroatoms. The Kier molecular flexibility index (Phi) is 3.68. The van der Waals surface area contributed by atoms with Gasteiger partial charge < -0.3 is 10.6 Å². The monoisotopic (exact) mass is 287 g/mol. The van der Waals surface area contributed by atoms with E-state index in [1.165, 1.54) is 0 Å². The van der Waals surface area contributed by atoms with Crippen LogP contribution in [0.25, 0.3) is 10.8 Å². The standard InChI is InChI=1S/C14H14ClN5/c15-13-11-4-3-9(7-16)6-12(11)14(20-19-13)18-10-2-1-5-17-8-10/h3-4,6,10,17H,1-2,5,8H2,(H,18,20)/t10-/m1/s1. The van der Waals surface area contributed by atoms with Gasteiger partial charge in [-0.3, -0.25) is 0 Å². The Balaban J connectivity index is 2.01. The summed E-state index contributed by atoms with van der Waals surface area (Å²) in [6.07, 6.45) is 2.23. The Morgan fingerprint density at radius 1 is 1.35 bits per heavy atom. The van der Waals surface area contributed by atoms with Crippen LogP contribution >= 0.6 is 11.6 Å². The molecule has 5 nitrogen and oxygen atoms in total. The third-order valence-electron chi connectivity index (χ3n) is 3.50. The second kappa shape index (κ2) is 5.61. The van der Waals surface area contributed by atoms with Gasteiger partial charge in [-0.05, 0) is 37.6 Å². The number of benzene rings is 1. The van der Waals surface area contributed by atoms with E-state index in [2.05, 4.69) is 26.9 Å².